The largest absolute Gasteiger partial charge is 0.408 e. The maximum Gasteiger partial charge on any atom is 0.351 e. The lowest BCUT2D eigenvalue weighted by Gasteiger charge is -2.40. The minimum atomic E-state index is -2.24. The lowest BCUT2D eigenvalue weighted by Crippen LogP contribution is -2.49. The molecular formula is C27H39N4O6PSi. The number of nitriles is 1. The van der Waals surface area contributed by atoms with Crippen LogP contribution in [-0.2, 0) is 18.2 Å². The molecule has 0 radical (unpaired) electrons. The first-order chi connectivity index (χ1) is 18.4. The van der Waals surface area contributed by atoms with E-state index in [-0.39, 0.29) is 35.9 Å². The summed E-state index contributed by atoms with van der Waals surface area (Å²) in [6, 6.07) is 12.3. The Kier molecular flexibility index (Phi) is 10.6. The molecule has 2 heterocycles. The van der Waals surface area contributed by atoms with Crippen LogP contribution in [-0.4, -0.2) is 55.4 Å². The van der Waals surface area contributed by atoms with Crippen molar-refractivity contribution in [2.24, 2.45) is 0 Å². The number of aromatic nitrogens is 2. The number of hydrogen-bond donors (Lipinski definition) is 1. The molecule has 39 heavy (non-hydrogen) atoms. The Balaban J connectivity index is 1.90. The van der Waals surface area contributed by atoms with E-state index in [9.17, 15) is 9.59 Å². The van der Waals surface area contributed by atoms with E-state index >= 15 is 0 Å². The van der Waals surface area contributed by atoms with E-state index in [2.05, 4.69) is 50.2 Å². The van der Waals surface area contributed by atoms with Crippen molar-refractivity contribution < 1.29 is 23.0 Å². The molecule has 1 amide bonds. The van der Waals surface area contributed by atoms with Crippen LogP contribution in [0.3, 0.4) is 0 Å². The molecule has 0 aliphatic carbocycles. The highest BCUT2D eigenvalue weighted by Gasteiger charge is 2.51. The second-order valence-corrected chi connectivity index (χ2v) is 17.0. The molecule has 1 aliphatic rings. The molecule has 0 saturated carbocycles. The Hall–Kier alpha value is -2.45. The van der Waals surface area contributed by atoms with Gasteiger partial charge in [0.1, 0.15) is 18.0 Å². The molecule has 5 atom stereocenters. The van der Waals surface area contributed by atoms with Crippen molar-refractivity contribution in [1.29, 1.82) is 5.26 Å². The third kappa shape index (κ3) is 7.81. The standard InChI is InChI=1S/C27H39N4O6PSi/c1-8-20-22(37-39(6,7)27(2,3)4)23(36-38(5)34-18-12-16-28)25(35-20)31-17-15-21(30-26(31)33)29-24(32)19-13-10-9-11-14-19/h9-11,13-15,17,20,22-23,25H,8,12,18H2,1-7H3,(H,29,30,32,33)/t20-,22+,23?,25-,38?/m1/s1. The van der Waals surface area contributed by atoms with Gasteiger partial charge in [0.25, 0.3) is 5.91 Å². The van der Waals surface area contributed by atoms with E-state index in [1.54, 1.807) is 36.5 Å². The number of anilines is 1. The van der Waals surface area contributed by atoms with Crippen molar-refractivity contribution in [3.05, 3.63) is 58.6 Å². The van der Waals surface area contributed by atoms with Gasteiger partial charge in [-0.2, -0.15) is 10.2 Å². The SMILES string of the molecule is CC[C@H]1O[C@@H](n2ccc(NC(=O)c3ccccc3)nc2=O)C(OP(C)OCCC#N)[C@H]1O[Si](C)(C)C(C)(C)C. The molecule has 2 unspecified atom stereocenters. The Morgan fingerprint density at radius 2 is 1.92 bits per heavy atom. The molecule has 3 rings (SSSR count). The van der Waals surface area contributed by atoms with Crippen LogP contribution in [0.15, 0.2) is 47.4 Å². The molecule has 212 valence electrons. The molecule has 1 N–H and O–H groups in total. The lowest BCUT2D eigenvalue weighted by atomic mass is 10.1. The molecule has 10 nitrogen and oxygen atoms in total. The summed E-state index contributed by atoms with van der Waals surface area (Å²) in [6.07, 6.45) is 0.240. The topological polar surface area (TPSA) is 125 Å². The van der Waals surface area contributed by atoms with Gasteiger partial charge in [0.15, 0.2) is 22.9 Å². The summed E-state index contributed by atoms with van der Waals surface area (Å²) in [6.45, 7) is 14.9. The summed E-state index contributed by atoms with van der Waals surface area (Å²) in [5.74, 6) is -0.224. The highest BCUT2D eigenvalue weighted by Crippen LogP contribution is 2.47. The van der Waals surface area contributed by atoms with Crippen molar-refractivity contribution in [2.75, 3.05) is 18.6 Å². The molecular weight excluding hydrogens is 535 g/mol. The van der Waals surface area contributed by atoms with Crippen molar-refractivity contribution >= 4 is 28.4 Å². The first kappa shape index (κ1) is 31.1. The second-order valence-electron chi connectivity index (χ2n) is 10.9. The van der Waals surface area contributed by atoms with Crippen LogP contribution in [0.5, 0.6) is 0 Å². The van der Waals surface area contributed by atoms with Crippen LogP contribution in [0.4, 0.5) is 5.82 Å². The van der Waals surface area contributed by atoms with Gasteiger partial charge in [-0.05, 0) is 42.8 Å². The fourth-order valence-corrected chi connectivity index (χ4v) is 6.20. The third-order valence-corrected chi connectivity index (χ3v) is 12.6. The van der Waals surface area contributed by atoms with Gasteiger partial charge in [0, 0.05) is 18.4 Å². The van der Waals surface area contributed by atoms with E-state index in [4.69, 9.17) is 23.5 Å². The Morgan fingerprint density at radius 3 is 2.51 bits per heavy atom. The van der Waals surface area contributed by atoms with Crippen LogP contribution >= 0.6 is 8.38 Å². The van der Waals surface area contributed by atoms with Crippen molar-refractivity contribution in [3.8, 4) is 6.07 Å². The van der Waals surface area contributed by atoms with Gasteiger partial charge in [-0.1, -0.05) is 45.9 Å². The Bertz CT molecular complexity index is 1210. The average molecular weight is 575 g/mol. The van der Waals surface area contributed by atoms with Crippen molar-refractivity contribution in [2.45, 2.75) is 83.2 Å². The number of amides is 1. The molecule has 0 bridgehead atoms. The summed E-state index contributed by atoms with van der Waals surface area (Å²) in [5.41, 5.74) is -0.131. The Morgan fingerprint density at radius 1 is 1.23 bits per heavy atom. The van der Waals surface area contributed by atoms with Crippen LogP contribution in [0.25, 0.3) is 0 Å². The van der Waals surface area contributed by atoms with Crippen molar-refractivity contribution in [1.82, 2.24) is 9.55 Å². The van der Waals surface area contributed by atoms with Gasteiger partial charge in [-0.25, -0.2) is 4.79 Å². The smallest absolute Gasteiger partial charge is 0.351 e. The maximum atomic E-state index is 13.2. The third-order valence-electron chi connectivity index (χ3n) is 7.06. The van der Waals surface area contributed by atoms with Crippen LogP contribution in [0.2, 0.25) is 18.1 Å². The summed E-state index contributed by atoms with van der Waals surface area (Å²) in [4.78, 5) is 29.8. The zero-order chi connectivity index (χ0) is 28.8. The summed E-state index contributed by atoms with van der Waals surface area (Å²) in [5, 5.41) is 11.5. The van der Waals surface area contributed by atoms with Gasteiger partial charge in [0.05, 0.1) is 25.2 Å². The zero-order valence-corrected chi connectivity index (χ0v) is 25.6. The van der Waals surface area contributed by atoms with Crippen LogP contribution in [0, 0.1) is 11.3 Å². The summed E-state index contributed by atoms with van der Waals surface area (Å²) >= 11 is 0. The first-order valence-electron chi connectivity index (χ1n) is 13.1. The highest BCUT2D eigenvalue weighted by atomic mass is 31.2. The number of rotatable bonds is 11. The minimum Gasteiger partial charge on any atom is -0.408 e. The normalized spacial score (nSPS) is 22.3. The lowest BCUT2D eigenvalue weighted by molar-refractivity contribution is -0.0349. The number of nitrogens with one attached hydrogen (secondary N) is 1. The van der Waals surface area contributed by atoms with Crippen molar-refractivity contribution in [3.63, 3.8) is 0 Å². The molecule has 1 aromatic heterocycles. The maximum absolute atomic E-state index is 13.2. The van der Waals surface area contributed by atoms with E-state index in [1.165, 1.54) is 4.57 Å². The van der Waals surface area contributed by atoms with Gasteiger partial charge in [0.2, 0.25) is 0 Å². The van der Waals surface area contributed by atoms with Gasteiger partial charge in [-0.15, -0.1) is 0 Å². The van der Waals surface area contributed by atoms with Crippen LogP contribution < -0.4 is 11.0 Å². The number of carbonyl (C=O) groups is 1. The molecule has 1 aliphatic heterocycles. The fraction of sp³-hybridized carbons (Fsp3) is 0.556. The monoisotopic (exact) mass is 574 g/mol. The number of ether oxygens (including phenoxy) is 1. The van der Waals surface area contributed by atoms with E-state index in [0.29, 0.717) is 12.0 Å². The minimum absolute atomic E-state index is 0.0504. The van der Waals surface area contributed by atoms with Gasteiger partial charge < -0.3 is 23.5 Å². The molecule has 0 spiro atoms. The molecule has 1 fully saturated rings. The van der Waals surface area contributed by atoms with E-state index in [1.807, 2.05) is 19.7 Å². The van der Waals surface area contributed by atoms with Gasteiger partial charge >= 0.3 is 5.69 Å². The first-order valence-corrected chi connectivity index (χ1v) is 17.6. The van der Waals surface area contributed by atoms with E-state index in [0.717, 1.165) is 0 Å². The van der Waals surface area contributed by atoms with Gasteiger partial charge in [-0.3, -0.25) is 9.36 Å². The number of carbonyl (C=O) groups excluding carboxylic acids is 1. The number of nitrogens with zero attached hydrogens (tertiary/aromatic N) is 3. The summed E-state index contributed by atoms with van der Waals surface area (Å²) < 4.78 is 26.7. The molecule has 2 aromatic rings. The zero-order valence-electron chi connectivity index (χ0n) is 23.7. The highest BCUT2D eigenvalue weighted by molar-refractivity contribution is 7.46. The average Bonchev–Trinajstić information content (AvgIpc) is 3.20. The van der Waals surface area contributed by atoms with E-state index < -0.39 is 40.8 Å². The quantitative estimate of drug-likeness (QED) is 0.213. The molecule has 12 heteroatoms. The molecule has 1 saturated heterocycles. The second kappa shape index (κ2) is 13.3. The number of benzene rings is 1. The summed E-state index contributed by atoms with van der Waals surface area (Å²) in [7, 11) is -3.63. The molecule has 1 aromatic carbocycles. The number of hydrogen-bond acceptors (Lipinski definition) is 8. The van der Waals surface area contributed by atoms with Crippen LogP contribution in [0.1, 0.15) is 57.1 Å². The predicted octanol–water partition coefficient (Wildman–Crippen LogP) is 5.45. The Labute approximate surface area is 232 Å². The fourth-order valence-electron chi connectivity index (χ4n) is 3.91. The predicted molar refractivity (Wildman–Crippen MR) is 153 cm³/mol.